The molecule has 218 valence electrons. The number of hydrogen-bond acceptors (Lipinski definition) is 1. The lowest BCUT2D eigenvalue weighted by Crippen LogP contribution is -2.41. The number of fused-ring (bicyclic) bond motifs is 2. The summed E-state index contributed by atoms with van der Waals surface area (Å²) in [6.07, 6.45) is 2.64. The number of rotatable bonds is 7. The minimum absolute atomic E-state index is 0.794. The lowest BCUT2D eigenvalue weighted by Gasteiger charge is -2.77. The van der Waals surface area contributed by atoms with E-state index >= 15 is 0 Å². The molecule has 44 heavy (non-hydrogen) atoms. The fourth-order valence-electron chi connectivity index (χ4n) is 8.65. The van der Waals surface area contributed by atoms with Crippen LogP contribution in [0.1, 0.15) is 12.8 Å². The van der Waals surface area contributed by atoms with Gasteiger partial charge in [0.05, 0.1) is 0 Å². The summed E-state index contributed by atoms with van der Waals surface area (Å²) in [4.78, 5) is 7.31. The Morgan fingerprint density at radius 2 is 0.750 bits per heavy atom. The molecule has 0 saturated carbocycles. The molecule has 6 aromatic rings. The van der Waals surface area contributed by atoms with Gasteiger partial charge in [-0.15, -0.1) is 0 Å². The predicted molar refractivity (Wildman–Crippen MR) is 190 cm³/mol. The lowest BCUT2D eigenvalue weighted by molar-refractivity contribution is 0.588. The zero-order valence-corrected chi connectivity index (χ0v) is 26.7. The van der Waals surface area contributed by atoms with E-state index in [1.165, 1.54) is 62.1 Å². The molecule has 0 amide bonds. The Balaban J connectivity index is 1.22. The third-order valence-corrected chi connectivity index (χ3v) is 21.4. The Hall–Kier alpha value is -3.98. The Kier molecular flexibility index (Phi) is 6.45. The molecule has 0 N–H and O–H groups in total. The van der Waals surface area contributed by atoms with Crippen LogP contribution >= 0.6 is 20.1 Å². The maximum atomic E-state index is 2.52. The Morgan fingerprint density at radius 1 is 0.386 bits per heavy atom. The van der Waals surface area contributed by atoms with Crippen molar-refractivity contribution >= 4 is 20.1 Å². The van der Waals surface area contributed by atoms with Crippen molar-refractivity contribution in [2.45, 2.75) is 37.3 Å². The average Bonchev–Trinajstić information content (AvgIpc) is 3.67. The molecule has 2 saturated heterocycles. The molecular weight excluding hydrogens is 569 g/mol. The Labute approximate surface area is 265 Å². The van der Waals surface area contributed by atoms with Gasteiger partial charge in [-0.25, -0.2) is 8.29 Å². The van der Waals surface area contributed by atoms with Crippen LogP contribution in [0.2, 0.25) is 0 Å². The normalized spacial score (nSPS) is 20.6. The van der Waals surface area contributed by atoms with Crippen molar-refractivity contribution < 1.29 is 0 Å². The molecule has 6 aromatic carbocycles. The topological polar surface area (TPSA) is 0 Å². The minimum atomic E-state index is -3.05. The fraction of sp³-hybridized carbons (Fsp3) is 0.143. The molecule has 2 fully saturated rings. The van der Waals surface area contributed by atoms with Crippen molar-refractivity contribution in [1.82, 2.24) is 0 Å². The summed E-state index contributed by atoms with van der Waals surface area (Å²) in [5, 5.41) is 0. The fourth-order valence-corrected chi connectivity index (χ4v) is 19.5. The molecule has 2 heteroatoms. The number of hydrogen-bond donors (Lipinski definition) is 0. The van der Waals surface area contributed by atoms with E-state index in [0.717, 1.165) is 5.92 Å². The molecule has 2 heterocycles. The van der Waals surface area contributed by atoms with E-state index in [9.17, 15) is 0 Å². The maximum absolute atomic E-state index is 3.05. The molecule has 2 aliphatic rings. The maximum Gasteiger partial charge on any atom is 0.0123 e. The van der Waals surface area contributed by atoms with Crippen molar-refractivity contribution in [1.29, 1.82) is 0 Å². The first kappa shape index (κ1) is 27.6. The van der Waals surface area contributed by atoms with Gasteiger partial charge in [0.1, 0.15) is 0 Å². The highest BCUT2D eigenvalue weighted by Crippen LogP contribution is 3.07. The standard InChI is InChI=1S/C42H38S2/c1-4-10-34(11-5-1)36-16-20-38(21-17-36)43-39-22-26-42(27-23-39)44(40-14-8-3-9-15-40,30-28-33(32-44)29-31-44)41-24-18-37(19-25-41)35-12-6-2-7-13-35/h1-27,33H,28-32H2. The second kappa shape index (κ2) is 10.3. The van der Waals surface area contributed by atoms with Crippen LogP contribution in [0.5, 0.6) is 0 Å². The van der Waals surface area contributed by atoms with Crippen LogP contribution < -0.4 is 0 Å². The Morgan fingerprint density at radius 3 is 1.20 bits per heavy atom. The van der Waals surface area contributed by atoms with Crippen LogP contribution in [0.25, 0.3) is 22.3 Å². The van der Waals surface area contributed by atoms with Crippen molar-refractivity contribution in [3.05, 3.63) is 164 Å². The molecule has 0 unspecified atom stereocenters. The first-order valence-corrected chi connectivity index (χ1v) is 19.6. The molecule has 0 spiro atoms. The van der Waals surface area contributed by atoms with Gasteiger partial charge in [0.2, 0.25) is 0 Å². The first-order valence-electron chi connectivity index (χ1n) is 15.8. The quantitative estimate of drug-likeness (QED) is 0.174. The highest BCUT2D eigenvalue weighted by molar-refractivity contribution is 8.65. The monoisotopic (exact) mass is 606 g/mol. The van der Waals surface area contributed by atoms with Crippen molar-refractivity contribution in [2.75, 3.05) is 17.3 Å². The lowest BCUT2D eigenvalue weighted by atomic mass is 10.1. The zero-order valence-electron chi connectivity index (χ0n) is 25.0. The van der Waals surface area contributed by atoms with Crippen LogP contribution in [-0.2, 0) is 0 Å². The van der Waals surface area contributed by atoms with Crippen LogP contribution in [0, 0.1) is 5.92 Å². The van der Waals surface area contributed by atoms with Gasteiger partial charge in [-0.05, 0) is 109 Å². The van der Waals surface area contributed by atoms with Gasteiger partial charge in [-0.2, -0.15) is 0 Å². The van der Waals surface area contributed by atoms with Crippen molar-refractivity contribution in [2.24, 2.45) is 5.92 Å². The summed E-state index contributed by atoms with van der Waals surface area (Å²) < 4.78 is 0. The van der Waals surface area contributed by atoms with Gasteiger partial charge in [-0.3, -0.25) is 0 Å². The van der Waals surface area contributed by atoms with E-state index in [-0.39, 0.29) is 0 Å². The van der Waals surface area contributed by atoms with Crippen LogP contribution in [0.3, 0.4) is 0 Å². The smallest absolute Gasteiger partial charge is 0.0123 e. The number of benzene rings is 6. The van der Waals surface area contributed by atoms with E-state index in [2.05, 4.69) is 164 Å². The summed E-state index contributed by atoms with van der Waals surface area (Å²) in [5.74, 6) is 4.63. The minimum Gasteiger partial charge on any atom is -0.212 e. The van der Waals surface area contributed by atoms with Crippen molar-refractivity contribution in [3.63, 3.8) is 0 Å². The van der Waals surface area contributed by atoms with E-state index in [4.69, 9.17) is 0 Å². The SMILES string of the molecule is c1ccc(-c2ccc(Sc3ccc(S45(c6ccccc6)(c6ccc(-c7ccccc7)cc6)CCC(CC4)C5)cc3)cc2)cc1. The summed E-state index contributed by atoms with van der Waals surface area (Å²) in [6.45, 7) is 0. The summed E-state index contributed by atoms with van der Waals surface area (Å²) in [5.41, 5.74) is 5.10. The summed E-state index contributed by atoms with van der Waals surface area (Å²) >= 11 is 1.86. The molecule has 2 aliphatic heterocycles. The highest BCUT2D eigenvalue weighted by Gasteiger charge is 2.71. The van der Waals surface area contributed by atoms with Crippen molar-refractivity contribution in [3.8, 4) is 22.3 Å². The van der Waals surface area contributed by atoms with Gasteiger partial charge >= 0.3 is 0 Å². The molecule has 8 rings (SSSR count). The summed E-state index contributed by atoms with van der Waals surface area (Å²) in [7, 11) is -3.05. The third kappa shape index (κ3) is 3.94. The van der Waals surface area contributed by atoms with E-state index in [0.29, 0.717) is 0 Å². The summed E-state index contributed by atoms with van der Waals surface area (Å²) in [6, 6.07) is 61.8. The molecule has 0 aliphatic carbocycles. The Bertz CT molecular complexity index is 1900. The largest absolute Gasteiger partial charge is 0.212 e. The second-order valence-electron chi connectivity index (χ2n) is 12.9. The molecular formula is C42H38S2. The molecule has 0 aromatic heterocycles. The molecule has 0 nitrogen and oxygen atoms in total. The average molecular weight is 607 g/mol. The molecule has 2 bridgehead atoms. The van der Waals surface area contributed by atoms with Gasteiger partial charge in [0, 0.05) is 9.79 Å². The van der Waals surface area contributed by atoms with Gasteiger partial charge in [0.15, 0.2) is 0 Å². The van der Waals surface area contributed by atoms with Crippen LogP contribution in [0.15, 0.2) is 188 Å². The first-order chi connectivity index (χ1) is 21.6. The second-order valence-corrected chi connectivity index (χ2v) is 21.0. The zero-order chi connectivity index (χ0) is 29.5. The third-order valence-electron chi connectivity index (χ3n) is 10.9. The molecule has 0 radical (unpaired) electrons. The van der Waals surface area contributed by atoms with E-state index in [1.54, 1.807) is 14.7 Å². The molecule has 0 atom stereocenters. The van der Waals surface area contributed by atoms with Crippen LogP contribution in [0.4, 0.5) is 0 Å². The highest BCUT2D eigenvalue weighted by atomic mass is 32.4. The van der Waals surface area contributed by atoms with Gasteiger partial charge in [0.25, 0.3) is 0 Å². The van der Waals surface area contributed by atoms with E-state index in [1.807, 2.05) is 11.8 Å². The van der Waals surface area contributed by atoms with Crippen LogP contribution in [-0.4, -0.2) is 17.3 Å². The van der Waals surface area contributed by atoms with Gasteiger partial charge in [-0.1, -0.05) is 139 Å². The predicted octanol–water partition coefficient (Wildman–Crippen LogP) is 11.9. The van der Waals surface area contributed by atoms with Gasteiger partial charge < -0.3 is 0 Å². The van der Waals surface area contributed by atoms with E-state index < -0.39 is 8.29 Å².